The summed E-state index contributed by atoms with van der Waals surface area (Å²) in [6, 6.07) is 4.04. The van der Waals surface area contributed by atoms with Crippen molar-refractivity contribution >= 4 is 11.5 Å². The first-order valence-corrected chi connectivity index (χ1v) is 5.22. The topological polar surface area (TPSA) is 51.0 Å². The maximum Gasteiger partial charge on any atom is 0.120 e. The van der Waals surface area contributed by atoms with Crippen molar-refractivity contribution in [2.75, 3.05) is 0 Å². The molecule has 1 N–H and O–H groups in total. The summed E-state index contributed by atoms with van der Waals surface area (Å²) in [5, 5.41) is 9.18. The maximum atomic E-state index is 5.27. The van der Waals surface area contributed by atoms with E-state index in [0.29, 0.717) is 0 Å². The van der Waals surface area contributed by atoms with Crippen LogP contribution in [0.5, 0.6) is 0 Å². The SMILES string of the molecule is C[C@H](NCc1csnn1)c1ccco1. The number of hydrogen-bond acceptors (Lipinski definition) is 5. The maximum absolute atomic E-state index is 5.27. The second kappa shape index (κ2) is 4.34. The molecule has 2 heterocycles. The average molecular weight is 209 g/mol. The second-order valence-corrected chi connectivity index (χ2v) is 3.62. The third-order valence-electron chi connectivity index (χ3n) is 1.96. The van der Waals surface area contributed by atoms with Gasteiger partial charge in [-0.25, -0.2) is 0 Å². The molecule has 0 saturated carbocycles. The summed E-state index contributed by atoms with van der Waals surface area (Å²) in [6.45, 7) is 2.77. The van der Waals surface area contributed by atoms with E-state index in [-0.39, 0.29) is 6.04 Å². The Morgan fingerprint density at radius 3 is 3.21 bits per heavy atom. The first-order valence-electron chi connectivity index (χ1n) is 4.39. The largest absolute Gasteiger partial charge is 0.468 e. The molecule has 0 aliphatic heterocycles. The molecule has 0 aliphatic carbocycles. The van der Waals surface area contributed by atoms with Gasteiger partial charge in [0.2, 0.25) is 0 Å². The van der Waals surface area contributed by atoms with Crippen LogP contribution in [0.3, 0.4) is 0 Å². The van der Waals surface area contributed by atoms with Crippen molar-refractivity contribution in [3.8, 4) is 0 Å². The van der Waals surface area contributed by atoms with Gasteiger partial charge in [0.25, 0.3) is 0 Å². The van der Waals surface area contributed by atoms with E-state index in [1.807, 2.05) is 17.5 Å². The molecule has 0 aromatic carbocycles. The Bertz CT molecular complexity index is 357. The highest BCUT2D eigenvalue weighted by molar-refractivity contribution is 7.03. The molecule has 74 valence electrons. The monoisotopic (exact) mass is 209 g/mol. The summed E-state index contributed by atoms with van der Waals surface area (Å²) in [5.41, 5.74) is 0.966. The molecule has 2 aromatic rings. The van der Waals surface area contributed by atoms with Crippen molar-refractivity contribution in [3.63, 3.8) is 0 Å². The molecule has 0 unspecified atom stereocenters. The first kappa shape index (κ1) is 9.36. The highest BCUT2D eigenvalue weighted by Crippen LogP contribution is 2.12. The van der Waals surface area contributed by atoms with Crippen molar-refractivity contribution in [3.05, 3.63) is 35.2 Å². The molecule has 14 heavy (non-hydrogen) atoms. The minimum Gasteiger partial charge on any atom is -0.468 e. The average Bonchev–Trinajstić information content (AvgIpc) is 2.87. The Morgan fingerprint density at radius 1 is 1.64 bits per heavy atom. The fourth-order valence-corrected chi connectivity index (χ4v) is 1.61. The predicted octanol–water partition coefficient (Wildman–Crippen LogP) is 1.98. The molecule has 1 atom stereocenters. The van der Waals surface area contributed by atoms with Gasteiger partial charge in [-0.15, -0.1) is 5.10 Å². The molecule has 5 heteroatoms. The van der Waals surface area contributed by atoms with Crippen molar-refractivity contribution < 1.29 is 4.42 Å². The zero-order chi connectivity index (χ0) is 9.80. The Balaban J connectivity index is 1.87. The van der Waals surface area contributed by atoms with Crippen LogP contribution in [0.2, 0.25) is 0 Å². The van der Waals surface area contributed by atoms with E-state index in [9.17, 15) is 0 Å². The fraction of sp³-hybridized carbons (Fsp3) is 0.333. The van der Waals surface area contributed by atoms with E-state index in [1.165, 1.54) is 11.5 Å². The Labute approximate surface area is 86.1 Å². The summed E-state index contributed by atoms with van der Waals surface area (Å²) in [4.78, 5) is 0. The lowest BCUT2D eigenvalue weighted by Crippen LogP contribution is -2.17. The van der Waals surface area contributed by atoms with Gasteiger partial charge in [-0.05, 0) is 30.6 Å². The van der Waals surface area contributed by atoms with E-state index >= 15 is 0 Å². The normalized spacial score (nSPS) is 12.9. The fourth-order valence-electron chi connectivity index (χ4n) is 1.16. The highest BCUT2D eigenvalue weighted by Gasteiger charge is 2.07. The first-order chi connectivity index (χ1) is 6.86. The van der Waals surface area contributed by atoms with Gasteiger partial charge in [0.1, 0.15) is 5.76 Å². The number of nitrogens with one attached hydrogen (secondary N) is 1. The van der Waals surface area contributed by atoms with Gasteiger partial charge in [-0.2, -0.15) is 0 Å². The van der Waals surface area contributed by atoms with Gasteiger partial charge in [-0.3, -0.25) is 0 Å². The standard InChI is InChI=1S/C9H11N3OS/c1-7(9-3-2-4-13-9)10-5-8-6-14-12-11-8/h2-4,6-7,10H,5H2,1H3/t7-/m0/s1. The molecule has 2 aromatic heterocycles. The van der Waals surface area contributed by atoms with Crippen LogP contribution in [-0.4, -0.2) is 9.59 Å². The van der Waals surface area contributed by atoms with Crippen molar-refractivity contribution in [1.29, 1.82) is 0 Å². The molecule has 0 fully saturated rings. The van der Waals surface area contributed by atoms with Crippen LogP contribution in [-0.2, 0) is 6.54 Å². The highest BCUT2D eigenvalue weighted by atomic mass is 32.1. The molecule has 0 radical (unpaired) electrons. The zero-order valence-corrected chi connectivity index (χ0v) is 8.62. The molecule has 2 rings (SSSR count). The van der Waals surface area contributed by atoms with E-state index in [0.717, 1.165) is 18.0 Å². The molecular formula is C9H11N3OS. The Morgan fingerprint density at radius 2 is 2.57 bits per heavy atom. The molecule has 0 bridgehead atoms. The number of rotatable bonds is 4. The van der Waals surface area contributed by atoms with Crippen LogP contribution in [0.25, 0.3) is 0 Å². The third kappa shape index (κ3) is 2.18. The molecule has 0 spiro atoms. The smallest absolute Gasteiger partial charge is 0.120 e. The zero-order valence-electron chi connectivity index (χ0n) is 7.80. The van der Waals surface area contributed by atoms with Gasteiger partial charge in [-0.1, -0.05) is 4.49 Å². The second-order valence-electron chi connectivity index (χ2n) is 3.01. The number of hydrogen-bond donors (Lipinski definition) is 1. The van der Waals surface area contributed by atoms with Crippen molar-refractivity contribution in [2.45, 2.75) is 19.5 Å². The van der Waals surface area contributed by atoms with Crippen LogP contribution in [0, 0.1) is 0 Å². The quantitative estimate of drug-likeness (QED) is 0.836. The van der Waals surface area contributed by atoms with Crippen LogP contribution in [0.15, 0.2) is 28.2 Å². The lowest BCUT2D eigenvalue weighted by molar-refractivity contribution is 0.428. The molecule has 0 saturated heterocycles. The van der Waals surface area contributed by atoms with Crippen LogP contribution >= 0.6 is 11.5 Å². The van der Waals surface area contributed by atoms with E-state index in [1.54, 1.807) is 6.26 Å². The van der Waals surface area contributed by atoms with E-state index in [2.05, 4.69) is 21.8 Å². The van der Waals surface area contributed by atoms with E-state index in [4.69, 9.17) is 4.42 Å². The summed E-state index contributed by atoms with van der Waals surface area (Å²) < 4.78 is 9.06. The molecule has 0 aliphatic rings. The van der Waals surface area contributed by atoms with Gasteiger partial charge < -0.3 is 9.73 Å². The van der Waals surface area contributed by atoms with Crippen LogP contribution in [0.1, 0.15) is 24.4 Å². The number of nitrogens with zero attached hydrogens (tertiary/aromatic N) is 2. The summed E-state index contributed by atoms with van der Waals surface area (Å²) in [6.07, 6.45) is 1.68. The summed E-state index contributed by atoms with van der Waals surface area (Å²) in [5.74, 6) is 0.938. The molecular weight excluding hydrogens is 198 g/mol. The van der Waals surface area contributed by atoms with Gasteiger partial charge in [0.05, 0.1) is 18.0 Å². The van der Waals surface area contributed by atoms with Gasteiger partial charge >= 0.3 is 0 Å². The number of aromatic nitrogens is 2. The third-order valence-corrected chi connectivity index (χ3v) is 2.52. The summed E-state index contributed by atoms with van der Waals surface area (Å²) in [7, 11) is 0. The van der Waals surface area contributed by atoms with Crippen molar-refractivity contribution in [2.24, 2.45) is 0 Å². The number of furan rings is 1. The minimum absolute atomic E-state index is 0.201. The lowest BCUT2D eigenvalue weighted by Gasteiger charge is -2.08. The summed E-state index contributed by atoms with van der Waals surface area (Å²) >= 11 is 1.36. The Kier molecular flexibility index (Phi) is 2.90. The molecule has 0 amide bonds. The Hall–Kier alpha value is -1.20. The predicted molar refractivity (Wildman–Crippen MR) is 53.9 cm³/mol. The van der Waals surface area contributed by atoms with E-state index < -0.39 is 0 Å². The van der Waals surface area contributed by atoms with Crippen LogP contribution < -0.4 is 5.32 Å². The van der Waals surface area contributed by atoms with Gasteiger partial charge in [0, 0.05) is 11.9 Å². The molecule has 4 nitrogen and oxygen atoms in total. The van der Waals surface area contributed by atoms with Crippen molar-refractivity contribution in [1.82, 2.24) is 14.9 Å². The lowest BCUT2D eigenvalue weighted by atomic mass is 10.2. The van der Waals surface area contributed by atoms with Gasteiger partial charge in [0.15, 0.2) is 0 Å². The minimum atomic E-state index is 0.201. The van der Waals surface area contributed by atoms with Crippen LogP contribution in [0.4, 0.5) is 0 Å².